The number of rotatable bonds is 8. The van der Waals surface area contributed by atoms with Crippen molar-refractivity contribution in [3.63, 3.8) is 0 Å². The van der Waals surface area contributed by atoms with E-state index in [1.54, 1.807) is 0 Å². The number of nitrogens with two attached hydrogens (primary N) is 1. The molecule has 176 valence electrons. The van der Waals surface area contributed by atoms with Crippen LogP contribution in [0.15, 0.2) is 30.1 Å². The van der Waals surface area contributed by atoms with Crippen molar-refractivity contribution < 1.29 is 23.5 Å². The molecule has 2 atom stereocenters. The topological polar surface area (TPSA) is 128 Å². The number of aliphatic hydroxyl groups is 1. The largest absolute Gasteiger partial charge is 0.385 e. The third-order valence-corrected chi connectivity index (χ3v) is 6.09. The van der Waals surface area contributed by atoms with E-state index in [1.807, 2.05) is 13.8 Å². The normalized spacial score (nSPS) is 17.4. The molecule has 0 saturated heterocycles. The monoisotopic (exact) mass is 450 g/mol. The summed E-state index contributed by atoms with van der Waals surface area (Å²) >= 11 is 0. The molecule has 1 aromatic carbocycles. The standard InChI is InChI=1S/C23H32F2N4O3/c1-13(28-22(32)20(30)14-9-16(24)11-17(25)10-14)21(31)29-19(27)12-18(26)23(2,3)15-7-5-4-6-8-15/h9-13,15,20,26,30H,4-8,27H2,1-3H3,(H,28,32)(H,29,31)/b19-12+,26-18?/t13-,20-/m0/s1. The maximum atomic E-state index is 13.3. The highest BCUT2D eigenvalue weighted by Gasteiger charge is 2.33. The lowest BCUT2D eigenvalue weighted by Gasteiger charge is -2.36. The predicted octanol–water partition coefficient (Wildman–Crippen LogP) is 3.05. The lowest BCUT2D eigenvalue weighted by molar-refractivity contribution is -0.133. The van der Waals surface area contributed by atoms with E-state index in [-0.39, 0.29) is 16.8 Å². The molecule has 0 bridgehead atoms. The molecule has 7 nitrogen and oxygen atoms in total. The second kappa shape index (κ2) is 10.7. The number of halogens is 2. The minimum absolute atomic E-state index is 0.0299. The molecule has 1 aliphatic rings. The van der Waals surface area contributed by atoms with Crippen LogP contribution in [0.4, 0.5) is 8.78 Å². The van der Waals surface area contributed by atoms with Crippen LogP contribution in [0.2, 0.25) is 0 Å². The fourth-order valence-corrected chi connectivity index (χ4v) is 3.91. The van der Waals surface area contributed by atoms with Crippen LogP contribution in [0.1, 0.15) is 64.5 Å². The first-order valence-electron chi connectivity index (χ1n) is 10.7. The number of benzene rings is 1. The van der Waals surface area contributed by atoms with Gasteiger partial charge in [-0.3, -0.25) is 9.59 Å². The zero-order valence-electron chi connectivity index (χ0n) is 18.7. The molecule has 2 rings (SSSR count). The molecule has 9 heteroatoms. The summed E-state index contributed by atoms with van der Waals surface area (Å²) in [7, 11) is 0. The van der Waals surface area contributed by atoms with Crippen molar-refractivity contribution in [2.45, 2.75) is 65.0 Å². The maximum absolute atomic E-state index is 13.3. The molecule has 0 heterocycles. The third-order valence-electron chi connectivity index (χ3n) is 6.09. The average Bonchev–Trinajstić information content (AvgIpc) is 2.72. The van der Waals surface area contributed by atoms with Gasteiger partial charge in [0.25, 0.3) is 5.91 Å². The van der Waals surface area contributed by atoms with Gasteiger partial charge in [0.1, 0.15) is 23.5 Å². The second-order valence-electron chi connectivity index (χ2n) is 8.89. The van der Waals surface area contributed by atoms with Gasteiger partial charge in [0.05, 0.1) is 0 Å². The van der Waals surface area contributed by atoms with Gasteiger partial charge in [0.15, 0.2) is 6.10 Å². The van der Waals surface area contributed by atoms with Gasteiger partial charge in [-0.05, 0) is 49.5 Å². The molecule has 1 saturated carbocycles. The van der Waals surface area contributed by atoms with Gasteiger partial charge in [-0.1, -0.05) is 33.1 Å². The van der Waals surface area contributed by atoms with Gasteiger partial charge in [0.2, 0.25) is 5.91 Å². The van der Waals surface area contributed by atoms with E-state index >= 15 is 0 Å². The minimum atomic E-state index is -1.85. The highest BCUT2D eigenvalue weighted by atomic mass is 19.1. The maximum Gasteiger partial charge on any atom is 0.254 e. The quantitative estimate of drug-likeness (QED) is 0.390. The molecule has 0 radical (unpaired) electrons. The Kier molecular flexibility index (Phi) is 8.49. The summed E-state index contributed by atoms with van der Waals surface area (Å²) in [6, 6.07) is 1.19. The number of carbonyl (C=O) groups is 2. The summed E-state index contributed by atoms with van der Waals surface area (Å²) < 4.78 is 26.6. The number of carbonyl (C=O) groups excluding carboxylic acids is 2. The summed E-state index contributed by atoms with van der Waals surface area (Å²) in [5.41, 5.74) is 5.54. The predicted molar refractivity (Wildman–Crippen MR) is 117 cm³/mol. The molecule has 0 unspecified atom stereocenters. The van der Waals surface area contributed by atoms with Gasteiger partial charge < -0.3 is 26.9 Å². The Bertz CT molecular complexity index is 875. The first kappa shape index (κ1) is 25.5. The SMILES string of the molecule is C[C@H](NC(=O)[C@@H](O)c1cc(F)cc(F)c1)C(=O)N/C(N)=C/C(=N)C(C)(C)C1CCCCC1. The van der Waals surface area contributed by atoms with Gasteiger partial charge in [-0.25, -0.2) is 8.78 Å². The van der Waals surface area contributed by atoms with E-state index in [2.05, 4.69) is 10.6 Å². The molecular weight excluding hydrogens is 418 g/mol. The zero-order valence-corrected chi connectivity index (χ0v) is 18.7. The van der Waals surface area contributed by atoms with Gasteiger partial charge in [-0.2, -0.15) is 0 Å². The molecule has 0 aromatic heterocycles. The highest BCUT2D eigenvalue weighted by molar-refractivity contribution is 5.98. The van der Waals surface area contributed by atoms with E-state index in [0.717, 1.165) is 37.8 Å². The Morgan fingerprint density at radius 2 is 1.72 bits per heavy atom. The van der Waals surface area contributed by atoms with Crippen molar-refractivity contribution in [3.05, 3.63) is 47.3 Å². The fraction of sp³-hybridized carbons (Fsp3) is 0.522. The zero-order chi connectivity index (χ0) is 24.1. The van der Waals surface area contributed by atoms with Crippen molar-refractivity contribution in [1.29, 1.82) is 5.41 Å². The van der Waals surface area contributed by atoms with Crippen LogP contribution in [-0.2, 0) is 9.59 Å². The fourth-order valence-electron chi connectivity index (χ4n) is 3.91. The first-order valence-corrected chi connectivity index (χ1v) is 10.7. The molecular formula is C23H32F2N4O3. The van der Waals surface area contributed by atoms with Gasteiger partial charge in [-0.15, -0.1) is 0 Å². The summed E-state index contributed by atoms with van der Waals surface area (Å²) in [6.45, 7) is 5.36. The Hall–Kier alpha value is -2.81. The van der Waals surface area contributed by atoms with Gasteiger partial charge >= 0.3 is 0 Å². The Labute approximate surface area is 187 Å². The van der Waals surface area contributed by atoms with Crippen molar-refractivity contribution in [2.24, 2.45) is 17.1 Å². The van der Waals surface area contributed by atoms with Crippen LogP contribution >= 0.6 is 0 Å². The van der Waals surface area contributed by atoms with Crippen LogP contribution in [0.3, 0.4) is 0 Å². The van der Waals surface area contributed by atoms with Crippen LogP contribution in [0.5, 0.6) is 0 Å². The summed E-state index contributed by atoms with van der Waals surface area (Å²) in [4.78, 5) is 24.6. The van der Waals surface area contributed by atoms with E-state index in [0.29, 0.717) is 17.7 Å². The Morgan fingerprint density at radius 3 is 2.28 bits per heavy atom. The van der Waals surface area contributed by atoms with E-state index in [1.165, 1.54) is 19.4 Å². The molecule has 32 heavy (non-hydrogen) atoms. The van der Waals surface area contributed by atoms with Crippen molar-refractivity contribution in [3.8, 4) is 0 Å². The lowest BCUT2D eigenvalue weighted by Crippen LogP contribution is -2.47. The van der Waals surface area contributed by atoms with Crippen molar-refractivity contribution >= 4 is 17.5 Å². The van der Waals surface area contributed by atoms with E-state index in [4.69, 9.17) is 11.1 Å². The smallest absolute Gasteiger partial charge is 0.254 e. The van der Waals surface area contributed by atoms with Crippen LogP contribution < -0.4 is 16.4 Å². The van der Waals surface area contributed by atoms with Crippen LogP contribution in [-0.4, -0.2) is 28.7 Å². The molecule has 1 aromatic rings. The summed E-state index contributed by atoms with van der Waals surface area (Å²) in [5, 5.41) is 23.2. The molecule has 0 spiro atoms. The number of hydrogen-bond acceptors (Lipinski definition) is 5. The molecule has 1 aliphatic carbocycles. The molecule has 1 fully saturated rings. The van der Waals surface area contributed by atoms with E-state index < -0.39 is 35.6 Å². The summed E-state index contributed by atoms with van der Waals surface area (Å²) in [5.74, 6) is -3.18. The average molecular weight is 451 g/mol. The van der Waals surface area contributed by atoms with E-state index in [9.17, 15) is 23.5 Å². The second-order valence-corrected chi connectivity index (χ2v) is 8.89. The van der Waals surface area contributed by atoms with Crippen LogP contribution in [0.25, 0.3) is 0 Å². The van der Waals surface area contributed by atoms with Crippen molar-refractivity contribution in [2.75, 3.05) is 0 Å². The lowest BCUT2D eigenvalue weighted by atomic mass is 9.68. The van der Waals surface area contributed by atoms with Gasteiger partial charge in [0, 0.05) is 17.2 Å². The molecule has 2 amide bonds. The Balaban J connectivity index is 1.95. The minimum Gasteiger partial charge on any atom is -0.385 e. The first-order chi connectivity index (χ1) is 14.9. The summed E-state index contributed by atoms with van der Waals surface area (Å²) in [6.07, 6.45) is 5.15. The van der Waals surface area contributed by atoms with Crippen LogP contribution in [0, 0.1) is 28.4 Å². The number of amides is 2. The van der Waals surface area contributed by atoms with Crippen molar-refractivity contribution in [1.82, 2.24) is 10.6 Å². The highest BCUT2D eigenvalue weighted by Crippen LogP contribution is 2.39. The molecule has 0 aliphatic heterocycles. The third kappa shape index (κ3) is 6.59. The number of nitrogens with one attached hydrogen (secondary N) is 3. The number of hydrogen-bond donors (Lipinski definition) is 5. The number of allylic oxidation sites excluding steroid dienone is 1. The molecule has 6 N–H and O–H groups in total. The Morgan fingerprint density at radius 1 is 1.16 bits per heavy atom. The number of aliphatic hydroxyl groups excluding tert-OH is 1.